The zero-order valence-corrected chi connectivity index (χ0v) is 12.0. The molecule has 0 radical (unpaired) electrons. The number of nitrogens with one attached hydrogen (secondary N) is 1. The Morgan fingerprint density at radius 2 is 2.22 bits per heavy atom. The Hall–Kier alpha value is -0.650. The van der Waals surface area contributed by atoms with E-state index in [2.05, 4.69) is 36.0 Å². The van der Waals surface area contributed by atoms with Crippen LogP contribution in [0.5, 0.6) is 0 Å². The summed E-state index contributed by atoms with van der Waals surface area (Å²) in [5.41, 5.74) is 5.42. The fourth-order valence-electron chi connectivity index (χ4n) is 2.47. The van der Waals surface area contributed by atoms with E-state index in [1.807, 2.05) is 0 Å². The molecule has 1 aliphatic heterocycles. The van der Waals surface area contributed by atoms with Crippen LogP contribution < -0.4 is 11.1 Å². The van der Waals surface area contributed by atoms with Gasteiger partial charge in [-0.25, -0.2) is 0 Å². The van der Waals surface area contributed by atoms with Gasteiger partial charge in [0.15, 0.2) is 0 Å². The van der Waals surface area contributed by atoms with Gasteiger partial charge in [-0.2, -0.15) is 0 Å². The minimum Gasteiger partial charge on any atom is -0.368 e. The molecule has 3 N–H and O–H groups in total. The Bertz CT molecular complexity index is 259. The molecule has 106 valence electrons. The maximum atomic E-state index is 11.3. The quantitative estimate of drug-likeness (QED) is 0.666. The highest BCUT2D eigenvalue weighted by atomic mass is 16.1. The van der Waals surface area contributed by atoms with Gasteiger partial charge in [0, 0.05) is 32.2 Å². The number of primary amides is 1. The minimum atomic E-state index is -0.231. The molecule has 1 fully saturated rings. The van der Waals surface area contributed by atoms with Crippen molar-refractivity contribution in [2.45, 2.75) is 38.8 Å². The Kier molecular flexibility index (Phi) is 6.60. The van der Waals surface area contributed by atoms with Gasteiger partial charge in [0.05, 0.1) is 6.04 Å². The zero-order chi connectivity index (χ0) is 13.5. The van der Waals surface area contributed by atoms with Crippen LogP contribution in [0.3, 0.4) is 0 Å². The van der Waals surface area contributed by atoms with Crippen LogP contribution in [0.4, 0.5) is 0 Å². The predicted molar refractivity (Wildman–Crippen MR) is 74.4 cm³/mol. The summed E-state index contributed by atoms with van der Waals surface area (Å²) in [6, 6.07) is 0.375. The number of carbonyl (C=O) groups is 1. The summed E-state index contributed by atoms with van der Waals surface area (Å²) in [7, 11) is 2.16. The molecule has 0 aliphatic carbocycles. The Labute approximate surface area is 111 Å². The first-order chi connectivity index (χ1) is 8.54. The first-order valence-electron chi connectivity index (χ1n) is 6.99. The standard InChI is InChI=1S/C13H28N4O/c1-4-6-15-12(13(14)18)5-7-17-9-8-16(3)10-11(17)2/h11-12,15H,4-10H2,1-3H3,(H2,14,18). The Morgan fingerprint density at radius 1 is 1.50 bits per heavy atom. The van der Waals surface area contributed by atoms with E-state index in [-0.39, 0.29) is 11.9 Å². The molecule has 18 heavy (non-hydrogen) atoms. The van der Waals surface area contributed by atoms with Crippen LogP contribution in [0.15, 0.2) is 0 Å². The topological polar surface area (TPSA) is 61.6 Å². The number of amides is 1. The summed E-state index contributed by atoms with van der Waals surface area (Å²) >= 11 is 0. The van der Waals surface area contributed by atoms with E-state index in [1.54, 1.807) is 0 Å². The van der Waals surface area contributed by atoms with E-state index >= 15 is 0 Å². The SMILES string of the molecule is CCCNC(CCN1CCN(C)CC1C)C(N)=O. The monoisotopic (exact) mass is 256 g/mol. The lowest BCUT2D eigenvalue weighted by Crippen LogP contribution is -2.52. The van der Waals surface area contributed by atoms with Gasteiger partial charge < -0.3 is 16.0 Å². The van der Waals surface area contributed by atoms with Gasteiger partial charge in [-0.15, -0.1) is 0 Å². The second-order valence-electron chi connectivity index (χ2n) is 5.34. The minimum absolute atomic E-state index is 0.184. The molecule has 5 nitrogen and oxygen atoms in total. The molecule has 0 aromatic heterocycles. The third-order valence-corrected chi connectivity index (χ3v) is 3.66. The van der Waals surface area contributed by atoms with Crippen molar-refractivity contribution in [3.05, 3.63) is 0 Å². The van der Waals surface area contributed by atoms with E-state index in [4.69, 9.17) is 5.73 Å². The van der Waals surface area contributed by atoms with Crippen LogP contribution in [-0.4, -0.2) is 67.6 Å². The third-order valence-electron chi connectivity index (χ3n) is 3.66. The van der Waals surface area contributed by atoms with E-state index in [1.165, 1.54) is 0 Å². The van der Waals surface area contributed by atoms with Crippen LogP contribution in [0.2, 0.25) is 0 Å². The number of piperazine rings is 1. The van der Waals surface area contributed by atoms with Crippen molar-refractivity contribution >= 4 is 5.91 Å². The maximum Gasteiger partial charge on any atom is 0.234 e. The van der Waals surface area contributed by atoms with Crippen LogP contribution >= 0.6 is 0 Å². The Balaban J connectivity index is 2.34. The fraction of sp³-hybridized carbons (Fsp3) is 0.923. The first-order valence-corrected chi connectivity index (χ1v) is 6.99. The van der Waals surface area contributed by atoms with E-state index in [0.717, 1.165) is 45.6 Å². The van der Waals surface area contributed by atoms with Crippen LogP contribution in [0, 0.1) is 0 Å². The van der Waals surface area contributed by atoms with Crippen molar-refractivity contribution in [1.29, 1.82) is 0 Å². The molecule has 1 heterocycles. The van der Waals surface area contributed by atoms with Crippen molar-refractivity contribution in [3.8, 4) is 0 Å². The molecule has 0 spiro atoms. The molecular formula is C13H28N4O. The third kappa shape index (κ3) is 4.92. The Morgan fingerprint density at radius 3 is 2.78 bits per heavy atom. The van der Waals surface area contributed by atoms with Gasteiger partial charge >= 0.3 is 0 Å². The maximum absolute atomic E-state index is 11.3. The normalized spacial score (nSPS) is 24.1. The molecule has 2 unspecified atom stereocenters. The molecule has 5 heteroatoms. The van der Waals surface area contributed by atoms with Gasteiger partial charge in [-0.05, 0) is 33.4 Å². The first kappa shape index (κ1) is 15.4. The van der Waals surface area contributed by atoms with Crippen molar-refractivity contribution in [1.82, 2.24) is 15.1 Å². The molecule has 0 aromatic rings. The number of likely N-dealkylation sites (N-methyl/N-ethyl adjacent to an activating group) is 1. The van der Waals surface area contributed by atoms with Crippen LogP contribution in [0.1, 0.15) is 26.7 Å². The summed E-state index contributed by atoms with van der Waals surface area (Å²) in [6.07, 6.45) is 1.83. The van der Waals surface area contributed by atoms with Crippen molar-refractivity contribution in [2.24, 2.45) is 5.73 Å². The molecule has 2 atom stereocenters. The van der Waals surface area contributed by atoms with Crippen molar-refractivity contribution in [2.75, 3.05) is 39.8 Å². The molecule has 0 aromatic carbocycles. The lowest BCUT2D eigenvalue weighted by molar-refractivity contribution is -0.120. The molecule has 1 saturated heterocycles. The molecule has 0 saturated carbocycles. The molecule has 1 aliphatic rings. The smallest absolute Gasteiger partial charge is 0.234 e. The highest BCUT2D eigenvalue weighted by molar-refractivity contribution is 5.79. The number of hydrogen-bond donors (Lipinski definition) is 2. The van der Waals surface area contributed by atoms with Gasteiger partial charge in [-0.3, -0.25) is 9.69 Å². The van der Waals surface area contributed by atoms with E-state index in [0.29, 0.717) is 6.04 Å². The number of carbonyl (C=O) groups excluding carboxylic acids is 1. The predicted octanol–water partition coefficient (Wildman–Crippen LogP) is -0.134. The van der Waals surface area contributed by atoms with Crippen molar-refractivity contribution in [3.63, 3.8) is 0 Å². The second kappa shape index (κ2) is 7.71. The van der Waals surface area contributed by atoms with Crippen LogP contribution in [0.25, 0.3) is 0 Å². The molecule has 1 rings (SSSR count). The highest BCUT2D eigenvalue weighted by Gasteiger charge is 2.23. The summed E-state index contributed by atoms with van der Waals surface area (Å²) < 4.78 is 0. The van der Waals surface area contributed by atoms with Crippen molar-refractivity contribution < 1.29 is 4.79 Å². The summed E-state index contributed by atoms with van der Waals surface area (Å²) in [5, 5.41) is 3.22. The highest BCUT2D eigenvalue weighted by Crippen LogP contribution is 2.09. The molecule has 0 bridgehead atoms. The molecule has 1 amide bonds. The lowest BCUT2D eigenvalue weighted by atomic mass is 10.1. The van der Waals surface area contributed by atoms with E-state index in [9.17, 15) is 4.79 Å². The van der Waals surface area contributed by atoms with Gasteiger partial charge in [0.2, 0.25) is 5.91 Å². The lowest BCUT2D eigenvalue weighted by Gasteiger charge is -2.38. The summed E-state index contributed by atoms with van der Waals surface area (Å²) in [5.74, 6) is -0.231. The summed E-state index contributed by atoms with van der Waals surface area (Å²) in [6.45, 7) is 9.42. The van der Waals surface area contributed by atoms with Gasteiger partial charge in [0.1, 0.15) is 0 Å². The average Bonchev–Trinajstić information content (AvgIpc) is 2.31. The second-order valence-corrected chi connectivity index (χ2v) is 5.34. The average molecular weight is 256 g/mol. The number of nitrogens with two attached hydrogens (primary N) is 1. The van der Waals surface area contributed by atoms with Gasteiger partial charge in [0.25, 0.3) is 0 Å². The fourth-order valence-corrected chi connectivity index (χ4v) is 2.47. The van der Waals surface area contributed by atoms with Crippen LogP contribution in [-0.2, 0) is 4.79 Å². The number of nitrogens with zero attached hydrogens (tertiary/aromatic N) is 2. The summed E-state index contributed by atoms with van der Waals surface area (Å²) in [4.78, 5) is 16.1. The number of rotatable bonds is 7. The number of hydrogen-bond acceptors (Lipinski definition) is 4. The van der Waals surface area contributed by atoms with Gasteiger partial charge in [-0.1, -0.05) is 6.92 Å². The van der Waals surface area contributed by atoms with E-state index < -0.39 is 0 Å². The largest absolute Gasteiger partial charge is 0.368 e. The zero-order valence-electron chi connectivity index (χ0n) is 12.0. The molecular weight excluding hydrogens is 228 g/mol.